The van der Waals surface area contributed by atoms with E-state index in [-0.39, 0.29) is 5.56 Å². The molecule has 2 aromatic carbocycles. The van der Waals surface area contributed by atoms with E-state index >= 15 is 0 Å². The van der Waals surface area contributed by atoms with Gasteiger partial charge in [0, 0.05) is 17.1 Å². The molecule has 0 fully saturated rings. The Morgan fingerprint density at radius 1 is 1.17 bits per heavy atom. The number of benzene rings is 2. The van der Waals surface area contributed by atoms with E-state index in [2.05, 4.69) is 10.3 Å². The van der Waals surface area contributed by atoms with Gasteiger partial charge in [0.2, 0.25) is 0 Å². The molecule has 2 aromatic heterocycles. The summed E-state index contributed by atoms with van der Waals surface area (Å²) in [5.74, 6) is 0.580. The number of para-hydroxylation sites is 1. The highest BCUT2D eigenvalue weighted by molar-refractivity contribution is 7.15. The Bertz CT molecular complexity index is 1320. The number of thiazole rings is 1. The number of rotatable bonds is 5. The third-order valence-corrected chi connectivity index (χ3v) is 5.66. The average Bonchev–Trinajstić information content (AvgIpc) is 3.20. The Morgan fingerprint density at radius 2 is 1.97 bits per heavy atom. The van der Waals surface area contributed by atoms with E-state index in [0.717, 1.165) is 0 Å². The number of fused-ring (bicyclic) bond motifs is 1. The number of anilines is 1. The lowest BCUT2D eigenvalue weighted by Gasteiger charge is -2.11. The molecule has 0 atom stereocenters. The van der Waals surface area contributed by atoms with Crippen molar-refractivity contribution in [1.82, 2.24) is 9.38 Å². The van der Waals surface area contributed by atoms with E-state index in [9.17, 15) is 9.59 Å². The van der Waals surface area contributed by atoms with Gasteiger partial charge in [0.1, 0.15) is 17.1 Å². The van der Waals surface area contributed by atoms with Crippen molar-refractivity contribution in [2.45, 2.75) is 0 Å². The highest BCUT2D eigenvalue weighted by atomic mass is 35.5. The van der Waals surface area contributed by atoms with Crippen molar-refractivity contribution in [3.05, 3.63) is 75.0 Å². The van der Waals surface area contributed by atoms with Crippen molar-refractivity contribution >= 4 is 39.5 Å². The van der Waals surface area contributed by atoms with Crippen molar-refractivity contribution in [3.8, 4) is 22.8 Å². The summed E-state index contributed by atoms with van der Waals surface area (Å²) >= 11 is 7.39. The first-order valence-corrected chi connectivity index (χ1v) is 10.1. The Hall–Kier alpha value is -3.36. The number of nitrogens with one attached hydrogen (secondary N) is 1. The topological polar surface area (TPSA) is 81.9 Å². The van der Waals surface area contributed by atoms with Crippen LogP contribution >= 0.6 is 22.9 Å². The van der Waals surface area contributed by atoms with Gasteiger partial charge >= 0.3 is 0 Å². The standard InChI is InChI=1S/C21H16ClN3O4S/c1-28-12-7-8-18(29-2)13(9-12)17-11-30-21-23-10-14(20(27)25(17)21)19(26)24-16-6-4-3-5-15(16)22/h3-11H,1-2H3,(H,24,26). The SMILES string of the molecule is COc1ccc(OC)c(-c2csc3ncc(C(=O)Nc4ccccc4Cl)c(=O)n23)c1. The minimum atomic E-state index is -0.593. The summed E-state index contributed by atoms with van der Waals surface area (Å²) in [7, 11) is 3.10. The van der Waals surface area contributed by atoms with Crippen LogP contribution in [0.3, 0.4) is 0 Å². The van der Waals surface area contributed by atoms with Crippen molar-refractivity contribution in [2.24, 2.45) is 0 Å². The van der Waals surface area contributed by atoms with Crippen LogP contribution in [0, 0.1) is 0 Å². The minimum Gasteiger partial charge on any atom is -0.497 e. The fraction of sp³-hybridized carbons (Fsp3) is 0.0952. The number of methoxy groups -OCH3 is 2. The molecule has 0 saturated carbocycles. The molecule has 0 aliphatic rings. The van der Waals surface area contributed by atoms with Crippen LogP contribution in [-0.4, -0.2) is 29.5 Å². The van der Waals surface area contributed by atoms with Crippen LogP contribution in [0.4, 0.5) is 5.69 Å². The zero-order valence-corrected chi connectivity index (χ0v) is 17.6. The number of aromatic nitrogens is 2. The first kappa shape index (κ1) is 19.9. The van der Waals surface area contributed by atoms with Crippen LogP contribution in [0.25, 0.3) is 16.2 Å². The normalized spacial score (nSPS) is 10.8. The first-order chi connectivity index (χ1) is 14.5. The molecular formula is C21H16ClN3O4S. The van der Waals surface area contributed by atoms with Crippen molar-refractivity contribution in [1.29, 1.82) is 0 Å². The Kier molecular flexibility index (Phi) is 5.43. The minimum absolute atomic E-state index is 0.103. The fourth-order valence-electron chi connectivity index (χ4n) is 3.00. The zero-order chi connectivity index (χ0) is 21.3. The lowest BCUT2D eigenvalue weighted by Crippen LogP contribution is -2.26. The molecule has 0 saturated heterocycles. The van der Waals surface area contributed by atoms with Gasteiger partial charge in [0.25, 0.3) is 11.5 Å². The van der Waals surface area contributed by atoms with Gasteiger partial charge in [-0.1, -0.05) is 23.7 Å². The number of carbonyl (C=O) groups excluding carboxylic acids is 1. The van der Waals surface area contributed by atoms with Crippen LogP contribution < -0.4 is 20.3 Å². The summed E-state index contributed by atoms with van der Waals surface area (Å²) in [6.45, 7) is 0. The van der Waals surface area contributed by atoms with Gasteiger partial charge in [-0.3, -0.25) is 14.0 Å². The Balaban J connectivity index is 1.83. The summed E-state index contributed by atoms with van der Waals surface area (Å²) in [5, 5.41) is 4.82. The number of hydrogen-bond donors (Lipinski definition) is 1. The number of halogens is 1. The second-order valence-corrected chi connectivity index (χ2v) is 7.46. The number of carbonyl (C=O) groups is 1. The molecule has 152 valence electrons. The monoisotopic (exact) mass is 441 g/mol. The zero-order valence-electron chi connectivity index (χ0n) is 16.0. The second kappa shape index (κ2) is 8.17. The molecule has 0 aliphatic carbocycles. The van der Waals surface area contributed by atoms with Crippen LogP contribution in [0.1, 0.15) is 10.4 Å². The summed E-state index contributed by atoms with van der Waals surface area (Å²) in [4.78, 5) is 30.7. The number of hydrogen-bond acceptors (Lipinski definition) is 6. The molecule has 1 N–H and O–H groups in total. The quantitative estimate of drug-likeness (QED) is 0.498. The van der Waals surface area contributed by atoms with E-state index in [4.69, 9.17) is 21.1 Å². The number of amides is 1. The van der Waals surface area contributed by atoms with Crippen LogP contribution in [0.2, 0.25) is 5.02 Å². The van der Waals surface area contributed by atoms with Crippen molar-refractivity contribution < 1.29 is 14.3 Å². The molecular weight excluding hydrogens is 426 g/mol. The molecule has 1 amide bonds. The molecule has 30 heavy (non-hydrogen) atoms. The predicted molar refractivity (Wildman–Crippen MR) is 117 cm³/mol. The lowest BCUT2D eigenvalue weighted by atomic mass is 10.1. The summed E-state index contributed by atoms with van der Waals surface area (Å²) in [6, 6.07) is 12.1. The molecule has 4 rings (SSSR count). The highest BCUT2D eigenvalue weighted by Gasteiger charge is 2.20. The largest absolute Gasteiger partial charge is 0.497 e. The summed E-state index contributed by atoms with van der Waals surface area (Å²) < 4.78 is 12.1. The van der Waals surface area contributed by atoms with Gasteiger partial charge in [0.05, 0.1) is 30.6 Å². The number of nitrogens with zero attached hydrogens (tertiary/aromatic N) is 2. The molecule has 0 radical (unpaired) electrons. The van der Waals surface area contributed by atoms with Gasteiger partial charge in [0.15, 0.2) is 4.96 Å². The number of ether oxygens (including phenoxy) is 2. The molecule has 0 aliphatic heterocycles. The van der Waals surface area contributed by atoms with Crippen molar-refractivity contribution in [2.75, 3.05) is 19.5 Å². The molecule has 0 bridgehead atoms. The highest BCUT2D eigenvalue weighted by Crippen LogP contribution is 2.35. The van der Waals surface area contributed by atoms with Gasteiger partial charge in [-0.2, -0.15) is 0 Å². The van der Waals surface area contributed by atoms with Crippen LogP contribution in [0.15, 0.2) is 58.8 Å². The van der Waals surface area contributed by atoms with E-state index in [1.807, 2.05) is 0 Å². The lowest BCUT2D eigenvalue weighted by molar-refractivity contribution is 0.102. The van der Waals surface area contributed by atoms with E-state index in [1.165, 1.54) is 21.9 Å². The first-order valence-electron chi connectivity index (χ1n) is 8.81. The third kappa shape index (κ3) is 3.51. The molecule has 0 unspecified atom stereocenters. The smallest absolute Gasteiger partial charge is 0.271 e. The van der Waals surface area contributed by atoms with Gasteiger partial charge in [-0.25, -0.2) is 4.98 Å². The maximum atomic E-state index is 13.2. The molecule has 4 aromatic rings. The second-order valence-electron chi connectivity index (χ2n) is 6.22. The van der Waals surface area contributed by atoms with Crippen molar-refractivity contribution in [3.63, 3.8) is 0 Å². The molecule has 9 heteroatoms. The van der Waals surface area contributed by atoms with Gasteiger partial charge < -0.3 is 14.8 Å². The van der Waals surface area contributed by atoms with Gasteiger partial charge in [-0.15, -0.1) is 11.3 Å². The maximum Gasteiger partial charge on any atom is 0.271 e. The predicted octanol–water partition coefficient (Wildman–Crippen LogP) is 4.35. The molecule has 7 nitrogen and oxygen atoms in total. The average molecular weight is 442 g/mol. The van der Waals surface area contributed by atoms with Crippen LogP contribution in [-0.2, 0) is 0 Å². The van der Waals surface area contributed by atoms with Gasteiger partial charge in [-0.05, 0) is 30.3 Å². The fourth-order valence-corrected chi connectivity index (χ4v) is 4.04. The van der Waals surface area contributed by atoms with Crippen LogP contribution in [0.5, 0.6) is 11.5 Å². The Morgan fingerprint density at radius 3 is 2.70 bits per heavy atom. The summed E-state index contributed by atoms with van der Waals surface area (Å²) in [6.07, 6.45) is 1.27. The Labute approximate surface area is 180 Å². The van der Waals surface area contributed by atoms with E-state index in [0.29, 0.717) is 38.4 Å². The van der Waals surface area contributed by atoms with E-state index in [1.54, 1.807) is 62.1 Å². The molecule has 0 spiro atoms. The summed E-state index contributed by atoms with van der Waals surface area (Å²) in [5.41, 5.74) is 1.01. The molecule has 2 heterocycles. The van der Waals surface area contributed by atoms with E-state index < -0.39 is 11.5 Å². The maximum absolute atomic E-state index is 13.2. The third-order valence-electron chi connectivity index (χ3n) is 4.50.